The summed E-state index contributed by atoms with van der Waals surface area (Å²) in [4.78, 5) is 14.6. The van der Waals surface area contributed by atoms with Gasteiger partial charge in [0, 0.05) is 12.1 Å². The fourth-order valence-electron chi connectivity index (χ4n) is 2.83. The van der Waals surface area contributed by atoms with Gasteiger partial charge in [0.2, 0.25) is 0 Å². The maximum absolute atomic E-state index is 12.5. The first-order valence-corrected chi connectivity index (χ1v) is 7.46. The van der Waals surface area contributed by atoms with Crippen molar-refractivity contribution in [3.63, 3.8) is 0 Å². The summed E-state index contributed by atoms with van der Waals surface area (Å²) in [6.07, 6.45) is 1.65. The van der Waals surface area contributed by atoms with Crippen LogP contribution >= 0.6 is 0 Å². The standard InChI is InChI=1S/C18H24N2O2/c1-12-9-13(2)17(14(3)10-12)18(21)19-11-15(20(4)5)16-7-6-8-22-16/h6-10,15H,11H2,1-5H3,(H,19,21). The number of nitrogens with one attached hydrogen (secondary N) is 1. The lowest BCUT2D eigenvalue weighted by Crippen LogP contribution is -2.35. The fourth-order valence-corrected chi connectivity index (χ4v) is 2.83. The molecule has 1 amide bonds. The highest BCUT2D eigenvalue weighted by Gasteiger charge is 2.19. The van der Waals surface area contributed by atoms with Gasteiger partial charge in [-0.05, 0) is 58.1 Å². The van der Waals surface area contributed by atoms with Crippen LogP contribution in [-0.4, -0.2) is 31.4 Å². The van der Waals surface area contributed by atoms with Crippen molar-refractivity contribution in [3.05, 3.63) is 58.5 Å². The number of aryl methyl sites for hydroxylation is 3. The average molecular weight is 300 g/mol. The van der Waals surface area contributed by atoms with Crippen LogP contribution < -0.4 is 5.32 Å². The van der Waals surface area contributed by atoms with Crippen LogP contribution in [0.1, 0.15) is 38.9 Å². The third kappa shape index (κ3) is 3.57. The molecule has 2 aromatic rings. The molecular weight excluding hydrogens is 276 g/mol. The molecule has 0 spiro atoms. The van der Waals surface area contributed by atoms with E-state index in [1.165, 1.54) is 5.56 Å². The molecule has 0 aliphatic rings. The monoisotopic (exact) mass is 300 g/mol. The van der Waals surface area contributed by atoms with Gasteiger partial charge in [-0.3, -0.25) is 9.69 Å². The number of likely N-dealkylation sites (N-methyl/N-ethyl adjacent to an activating group) is 1. The first-order valence-electron chi connectivity index (χ1n) is 7.46. The Bertz CT molecular complexity index is 622. The van der Waals surface area contributed by atoms with Gasteiger partial charge in [0.05, 0.1) is 12.3 Å². The third-order valence-corrected chi connectivity index (χ3v) is 3.86. The van der Waals surface area contributed by atoms with Crippen LogP contribution in [0.5, 0.6) is 0 Å². The Morgan fingerprint density at radius 3 is 2.36 bits per heavy atom. The van der Waals surface area contributed by atoms with E-state index in [9.17, 15) is 4.79 Å². The second-order valence-electron chi connectivity index (χ2n) is 5.98. The maximum atomic E-state index is 12.5. The van der Waals surface area contributed by atoms with Crippen LogP contribution in [0.4, 0.5) is 0 Å². The molecule has 2 rings (SSSR count). The van der Waals surface area contributed by atoms with Crippen molar-refractivity contribution in [2.24, 2.45) is 0 Å². The van der Waals surface area contributed by atoms with E-state index in [4.69, 9.17) is 4.42 Å². The molecule has 118 valence electrons. The molecule has 0 bridgehead atoms. The minimum atomic E-state index is -0.0339. The highest BCUT2D eigenvalue weighted by Crippen LogP contribution is 2.19. The van der Waals surface area contributed by atoms with Crippen LogP contribution in [0.25, 0.3) is 0 Å². The molecule has 1 unspecified atom stereocenters. The van der Waals surface area contributed by atoms with Gasteiger partial charge < -0.3 is 9.73 Å². The lowest BCUT2D eigenvalue weighted by atomic mass is 9.99. The average Bonchev–Trinajstić information content (AvgIpc) is 2.91. The lowest BCUT2D eigenvalue weighted by Gasteiger charge is -2.23. The Morgan fingerprint density at radius 1 is 1.23 bits per heavy atom. The van der Waals surface area contributed by atoms with E-state index < -0.39 is 0 Å². The van der Waals surface area contributed by atoms with Crippen LogP contribution in [0.3, 0.4) is 0 Å². The molecule has 1 N–H and O–H groups in total. The maximum Gasteiger partial charge on any atom is 0.251 e. The quantitative estimate of drug-likeness (QED) is 0.922. The van der Waals surface area contributed by atoms with Gasteiger partial charge in [0.15, 0.2) is 0 Å². The Hall–Kier alpha value is -2.07. The molecule has 1 aromatic heterocycles. The molecule has 0 saturated carbocycles. The number of furan rings is 1. The molecule has 0 fully saturated rings. The molecular formula is C18H24N2O2. The smallest absolute Gasteiger partial charge is 0.251 e. The van der Waals surface area contributed by atoms with Gasteiger partial charge >= 0.3 is 0 Å². The molecule has 4 heteroatoms. The second kappa shape index (κ2) is 6.79. The minimum Gasteiger partial charge on any atom is -0.468 e. The predicted octanol–water partition coefficient (Wildman–Crippen LogP) is 3.24. The van der Waals surface area contributed by atoms with Gasteiger partial charge in [0.25, 0.3) is 5.91 Å². The molecule has 0 aliphatic heterocycles. The number of hydrogen-bond acceptors (Lipinski definition) is 3. The first-order chi connectivity index (χ1) is 10.4. The van der Waals surface area contributed by atoms with Gasteiger partial charge in [-0.1, -0.05) is 17.7 Å². The first kappa shape index (κ1) is 16.3. The van der Waals surface area contributed by atoms with E-state index in [-0.39, 0.29) is 11.9 Å². The summed E-state index contributed by atoms with van der Waals surface area (Å²) < 4.78 is 5.47. The highest BCUT2D eigenvalue weighted by molar-refractivity contribution is 5.97. The zero-order valence-corrected chi connectivity index (χ0v) is 13.9. The lowest BCUT2D eigenvalue weighted by molar-refractivity contribution is 0.0938. The molecule has 0 aliphatic carbocycles. The summed E-state index contributed by atoms with van der Waals surface area (Å²) in [6, 6.07) is 7.89. The second-order valence-corrected chi connectivity index (χ2v) is 5.98. The zero-order valence-electron chi connectivity index (χ0n) is 13.9. The number of carbonyl (C=O) groups excluding carboxylic acids is 1. The van der Waals surface area contributed by atoms with E-state index in [2.05, 4.69) is 5.32 Å². The topological polar surface area (TPSA) is 45.5 Å². The molecule has 1 aromatic carbocycles. The minimum absolute atomic E-state index is 0.0185. The number of carbonyl (C=O) groups is 1. The largest absolute Gasteiger partial charge is 0.468 e. The normalized spacial score (nSPS) is 12.5. The number of nitrogens with zero attached hydrogens (tertiary/aromatic N) is 1. The number of benzene rings is 1. The summed E-state index contributed by atoms with van der Waals surface area (Å²) >= 11 is 0. The summed E-state index contributed by atoms with van der Waals surface area (Å²) in [6.45, 7) is 6.50. The Balaban J connectivity index is 2.12. The zero-order chi connectivity index (χ0) is 16.3. The summed E-state index contributed by atoms with van der Waals surface area (Å²) in [5.74, 6) is 0.816. The van der Waals surface area contributed by atoms with Crippen LogP contribution in [0.15, 0.2) is 34.9 Å². The molecule has 1 atom stereocenters. The summed E-state index contributed by atoms with van der Waals surface area (Å²) in [5.41, 5.74) is 3.96. The number of amides is 1. The van der Waals surface area contributed by atoms with E-state index in [1.807, 2.05) is 64.0 Å². The van der Waals surface area contributed by atoms with Gasteiger partial charge in [-0.2, -0.15) is 0 Å². The van der Waals surface area contributed by atoms with Gasteiger partial charge in [0.1, 0.15) is 5.76 Å². The van der Waals surface area contributed by atoms with Crippen molar-refractivity contribution in [3.8, 4) is 0 Å². The van der Waals surface area contributed by atoms with Gasteiger partial charge in [-0.25, -0.2) is 0 Å². The van der Waals surface area contributed by atoms with Crippen molar-refractivity contribution in [1.82, 2.24) is 10.2 Å². The highest BCUT2D eigenvalue weighted by atomic mass is 16.3. The SMILES string of the molecule is Cc1cc(C)c(C(=O)NCC(c2ccco2)N(C)C)c(C)c1. The molecule has 1 heterocycles. The molecule has 22 heavy (non-hydrogen) atoms. The predicted molar refractivity (Wildman–Crippen MR) is 88.1 cm³/mol. The van der Waals surface area contributed by atoms with E-state index >= 15 is 0 Å². The third-order valence-electron chi connectivity index (χ3n) is 3.86. The molecule has 0 radical (unpaired) electrons. The van der Waals surface area contributed by atoms with Crippen molar-refractivity contribution < 1.29 is 9.21 Å². The van der Waals surface area contributed by atoms with Crippen molar-refractivity contribution in [2.75, 3.05) is 20.6 Å². The fraction of sp³-hybridized carbons (Fsp3) is 0.389. The molecule has 4 nitrogen and oxygen atoms in total. The van der Waals surface area contributed by atoms with Crippen LogP contribution in [0.2, 0.25) is 0 Å². The Kier molecular flexibility index (Phi) is 5.03. The number of rotatable bonds is 5. The molecule has 0 saturated heterocycles. The summed E-state index contributed by atoms with van der Waals surface area (Å²) in [5, 5.41) is 3.03. The number of hydrogen-bond donors (Lipinski definition) is 1. The van der Waals surface area contributed by atoms with Crippen molar-refractivity contribution in [2.45, 2.75) is 26.8 Å². The Morgan fingerprint density at radius 2 is 1.86 bits per heavy atom. The van der Waals surface area contributed by atoms with Crippen molar-refractivity contribution in [1.29, 1.82) is 0 Å². The van der Waals surface area contributed by atoms with Crippen LogP contribution in [0, 0.1) is 20.8 Å². The van der Waals surface area contributed by atoms with Crippen LogP contribution in [-0.2, 0) is 0 Å². The van der Waals surface area contributed by atoms with Crippen molar-refractivity contribution >= 4 is 5.91 Å². The van der Waals surface area contributed by atoms with Gasteiger partial charge in [-0.15, -0.1) is 0 Å². The van der Waals surface area contributed by atoms with E-state index in [0.29, 0.717) is 6.54 Å². The van der Waals surface area contributed by atoms with E-state index in [0.717, 1.165) is 22.5 Å². The summed E-state index contributed by atoms with van der Waals surface area (Å²) in [7, 11) is 3.95. The van der Waals surface area contributed by atoms with E-state index in [1.54, 1.807) is 6.26 Å². The Labute approximate surface area is 132 Å².